The van der Waals surface area contributed by atoms with Crippen molar-refractivity contribution in [1.82, 2.24) is 9.88 Å². The Balaban J connectivity index is 2.41. The molecule has 0 unspecified atom stereocenters. The Morgan fingerprint density at radius 3 is 3.00 bits per heavy atom. The number of esters is 1. The molecule has 0 fully saturated rings. The van der Waals surface area contributed by atoms with E-state index in [1.54, 1.807) is 23.4 Å². The molecule has 0 saturated carbocycles. The monoisotopic (exact) mass is 206 g/mol. The molecular weight excluding hydrogens is 192 g/mol. The van der Waals surface area contributed by atoms with Crippen LogP contribution in [-0.4, -0.2) is 36.7 Å². The lowest BCUT2D eigenvalue weighted by Gasteiger charge is -2.08. The van der Waals surface area contributed by atoms with Gasteiger partial charge in [-0.3, -0.25) is 9.88 Å². The van der Waals surface area contributed by atoms with Crippen LogP contribution in [0, 0.1) is 0 Å². The molecule has 0 aliphatic rings. The summed E-state index contributed by atoms with van der Waals surface area (Å²) in [7, 11) is 3.66. The van der Waals surface area contributed by atoms with Gasteiger partial charge in [-0.1, -0.05) is 6.07 Å². The lowest BCUT2D eigenvalue weighted by atomic mass is 10.2. The van der Waals surface area contributed by atoms with Crippen LogP contribution in [0.25, 0.3) is 6.08 Å². The van der Waals surface area contributed by atoms with Gasteiger partial charge in [0.2, 0.25) is 0 Å². The zero-order valence-corrected chi connectivity index (χ0v) is 8.88. The summed E-state index contributed by atoms with van der Waals surface area (Å²) in [6.45, 7) is 0.288. The summed E-state index contributed by atoms with van der Waals surface area (Å²) in [5.41, 5.74) is 0.874. The van der Waals surface area contributed by atoms with Gasteiger partial charge in [-0.15, -0.1) is 0 Å². The van der Waals surface area contributed by atoms with Crippen molar-refractivity contribution in [2.75, 3.05) is 20.8 Å². The molecule has 4 heteroatoms. The summed E-state index contributed by atoms with van der Waals surface area (Å²) >= 11 is 0. The third-order valence-electron chi connectivity index (χ3n) is 1.56. The topological polar surface area (TPSA) is 42.4 Å². The summed E-state index contributed by atoms with van der Waals surface area (Å²) in [4.78, 5) is 16.9. The van der Waals surface area contributed by atoms with Crippen molar-refractivity contribution >= 4 is 12.0 Å². The van der Waals surface area contributed by atoms with Gasteiger partial charge in [0, 0.05) is 18.5 Å². The molecule has 0 aromatic carbocycles. The lowest BCUT2D eigenvalue weighted by molar-refractivity contribution is -0.141. The smallest absolute Gasteiger partial charge is 0.332 e. The van der Waals surface area contributed by atoms with E-state index in [0.717, 1.165) is 5.56 Å². The Morgan fingerprint density at radius 2 is 2.40 bits per heavy atom. The van der Waals surface area contributed by atoms with E-state index in [0.29, 0.717) is 0 Å². The van der Waals surface area contributed by atoms with Crippen LogP contribution in [0.1, 0.15) is 5.56 Å². The molecule has 0 saturated heterocycles. The molecule has 0 aliphatic heterocycles. The van der Waals surface area contributed by atoms with E-state index in [9.17, 15) is 4.79 Å². The first-order valence-corrected chi connectivity index (χ1v) is 4.58. The average Bonchev–Trinajstić information content (AvgIpc) is 2.25. The number of aromatic nitrogens is 1. The van der Waals surface area contributed by atoms with Gasteiger partial charge in [0.1, 0.15) is 6.73 Å². The minimum Gasteiger partial charge on any atom is -0.446 e. The number of hydrogen-bond acceptors (Lipinski definition) is 4. The maximum Gasteiger partial charge on any atom is 0.332 e. The Morgan fingerprint density at radius 1 is 1.60 bits per heavy atom. The zero-order chi connectivity index (χ0) is 11.1. The van der Waals surface area contributed by atoms with E-state index in [4.69, 9.17) is 4.74 Å². The van der Waals surface area contributed by atoms with E-state index in [1.807, 2.05) is 26.2 Å². The normalized spacial score (nSPS) is 10.9. The van der Waals surface area contributed by atoms with Gasteiger partial charge in [-0.2, -0.15) is 0 Å². The second-order valence-electron chi connectivity index (χ2n) is 3.29. The van der Waals surface area contributed by atoms with Crippen LogP contribution in [0.5, 0.6) is 0 Å². The van der Waals surface area contributed by atoms with Crippen LogP contribution in [0.3, 0.4) is 0 Å². The van der Waals surface area contributed by atoms with E-state index in [2.05, 4.69) is 4.98 Å². The highest BCUT2D eigenvalue weighted by Gasteiger charge is 1.97. The third kappa shape index (κ3) is 4.93. The van der Waals surface area contributed by atoms with E-state index < -0.39 is 0 Å². The van der Waals surface area contributed by atoms with Gasteiger partial charge in [-0.05, 0) is 31.8 Å². The first kappa shape index (κ1) is 11.4. The standard InChI is InChI=1S/C11H14N2O2/c1-13(2)9-15-11(14)6-5-10-4-3-7-12-8-10/h3-8H,9H2,1-2H3/b6-5-. The molecule has 0 aliphatic carbocycles. The van der Waals surface area contributed by atoms with Crippen molar-refractivity contribution in [3.05, 3.63) is 36.2 Å². The number of pyridine rings is 1. The molecule has 0 N–H and O–H groups in total. The van der Waals surface area contributed by atoms with E-state index in [1.165, 1.54) is 6.08 Å². The molecule has 1 heterocycles. The fraction of sp³-hybridized carbons (Fsp3) is 0.273. The maximum atomic E-state index is 11.2. The molecule has 15 heavy (non-hydrogen) atoms. The van der Waals surface area contributed by atoms with E-state index >= 15 is 0 Å². The van der Waals surface area contributed by atoms with Crippen molar-refractivity contribution in [2.45, 2.75) is 0 Å². The number of ether oxygens (including phenoxy) is 1. The molecule has 1 rings (SSSR count). The fourth-order valence-corrected chi connectivity index (χ4v) is 0.880. The number of hydrogen-bond donors (Lipinski definition) is 0. The molecule has 1 aromatic heterocycles. The molecule has 0 amide bonds. The highest BCUT2D eigenvalue weighted by molar-refractivity contribution is 5.86. The molecule has 1 aromatic rings. The van der Waals surface area contributed by atoms with Gasteiger partial charge in [0.05, 0.1) is 0 Å². The molecule has 0 bridgehead atoms. The van der Waals surface area contributed by atoms with Gasteiger partial charge in [0.15, 0.2) is 0 Å². The molecule has 0 atom stereocenters. The third-order valence-corrected chi connectivity index (χ3v) is 1.56. The SMILES string of the molecule is CN(C)COC(=O)/C=C\c1cccnc1. The van der Waals surface area contributed by atoms with Gasteiger partial charge in [0.25, 0.3) is 0 Å². The first-order chi connectivity index (χ1) is 7.18. The highest BCUT2D eigenvalue weighted by Crippen LogP contribution is 1.98. The first-order valence-electron chi connectivity index (χ1n) is 4.58. The quantitative estimate of drug-likeness (QED) is 0.421. The molecular formula is C11H14N2O2. The Hall–Kier alpha value is -1.68. The summed E-state index contributed by atoms with van der Waals surface area (Å²) in [5.74, 6) is -0.354. The Bertz CT molecular complexity index is 334. The lowest BCUT2D eigenvalue weighted by Crippen LogP contribution is -2.18. The van der Waals surface area contributed by atoms with Crippen molar-refractivity contribution < 1.29 is 9.53 Å². The second-order valence-corrected chi connectivity index (χ2v) is 3.29. The van der Waals surface area contributed by atoms with E-state index in [-0.39, 0.29) is 12.7 Å². The minimum atomic E-state index is -0.354. The van der Waals surface area contributed by atoms with Crippen LogP contribution >= 0.6 is 0 Å². The van der Waals surface area contributed by atoms with Crippen molar-refractivity contribution in [2.24, 2.45) is 0 Å². The predicted octanol–water partition coefficient (Wildman–Crippen LogP) is 1.16. The zero-order valence-electron chi connectivity index (χ0n) is 8.88. The second kappa shape index (κ2) is 5.93. The molecule has 80 valence electrons. The summed E-state index contributed by atoms with van der Waals surface area (Å²) < 4.78 is 4.90. The molecule has 4 nitrogen and oxygen atoms in total. The Kier molecular flexibility index (Phi) is 4.50. The fourth-order valence-electron chi connectivity index (χ4n) is 0.880. The maximum absolute atomic E-state index is 11.2. The largest absolute Gasteiger partial charge is 0.446 e. The highest BCUT2D eigenvalue weighted by atomic mass is 16.5. The summed E-state index contributed by atoms with van der Waals surface area (Å²) in [6, 6.07) is 3.67. The van der Waals surface area contributed by atoms with Crippen molar-refractivity contribution in [3.8, 4) is 0 Å². The van der Waals surface area contributed by atoms with Gasteiger partial charge >= 0.3 is 5.97 Å². The van der Waals surface area contributed by atoms with Crippen molar-refractivity contribution in [3.63, 3.8) is 0 Å². The number of nitrogens with zero attached hydrogens (tertiary/aromatic N) is 2. The summed E-state index contributed by atoms with van der Waals surface area (Å²) in [5, 5.41) is 0. The number of rotatable bonds is 4. The molecule has 0 spiro atoms. The predicted molar refractivity (Wildman–Crippen MR) is 57.9 cm³/mol. The molecule has 0 radical (unpaired) electrons. The van der Waals surface area contributed by atoms with Crippen LogP contribution < -0.4 is 0 Å². The number of carbonyl (C=O) groups excluding carboxylic acids is 1. The van der Waals surface area contributed by atoms with Crippen LogP contribution in [-0.2, 0) is 9.53 Å². The van der Waals surface area contributed by atoms with Crippen LogP contribution in [0.2, 0.25) is 0 Å². The summed E-state index contributed by atoms with van der Waals surface area (Å²) in [6.07, 6.45) is 6.42. The Labute approximate surface area is 89.2 Å². The van der Waals surface area contributed by atoms with Gasteiger partial charge < -0.3 is 4.74 Å². The van der Waals surface area contributed by atoms with Crippen molar-refractivity contribution in [1.29, 1.82) is 0 Å². The van der Waals surface area contributed by atoms with Crippen LogP contribution in [0.15, 0.2) is 30.6 Å². The van der Waals surface area contributed by atoms with Gasteiger partial charge in [-0.25, -0.2) is 4.79 Å². The van der Waals surface area contributed by atoms with Crippen LogP contribution in [0.4, 0.5) is 0 Å². The average molecular weight is 206 g/mol. The number of carbonyl (C=O) groups is 1. The minimum absolute atomic E-state index is 0.288.